The zero-order valence-electron chi connectivity index (χ0n) is 10.2. The van der Waals surface area contributed by atoms with Crippen molar-refractivity contribution < 1.29 is 9.47 Å². The Morgan fingerprint density at radius 2 is 2.06 bits per heavy atom. The van der Waals surface area contributed by atoms with Gasteiger partial charge in [-0.3, -0.25) is 0 Å². The first kappa shape index (κ1) is 10.3. The van der Waals surface area contributed by atoms with E-state index in [4.69, 9.17) is 9.47 Å². The molecule has 2 N–H and O–H groups in total. The Bertz CT molecular complexity index is 585. The fraction of sp³-hybridized carbons (Fsp3) is 0.429. The quantitative estimate of drug-likeness (QED) is 0.809. The van der Waals surface area contributed by atoms with Crippen LogP contribution in [0.5, 0.6) is 11.5 Å². The van der Waals surface area contributed by atoms with Gasteiger partial charge < -0.3 is 19.8 Å². The molecule has 0 aliphatic carbocycles. The summed E-state index contributed by atoms with van der Waals surface area (Å²) in [6, 6.07) is 4.15. The Balaban J connectivity index is 1.81. The lowest BCUT2D eigenvalue weighted by molar-refractivity contribution is 0.174. The molecule has 2 aliphatic rings. The SMILES string of the molecule is c1[nH]c2cc3c(cc2c1C1CCCNC1)OCO3. The third kappa shape index (κ3) is 1.49. The van der Waals surface area contributed by atoms with Crippen LogP contribution >= 0.6 is 0 Å². The van der Waals surface area contributed by atoms with Crippen molar-refractivity contribution in [1.29, 1.82) is 0 Å². The lowest BCUT2D eigenvalue weighted by Gasteiger charge is -2.22. The van der Waals surface area contributed by atoms with E-state index in [1.807, 2.05) is 6.07 Å². The minimum absolute atomic E-state index is 0.336. The predicted molar refractivity (Wildman–Crippen MR) is 69.3 cm³/mol. The molecule has 1 aromatic heterocycles. The summed E-state index contributed by atoms with van der Waals surface area (Å²) in [7, 11) is 0. The molecule has 0 spiro atoms. The van der Waals surface area contributed by atoms with Gasteiger partial charge in [0.05, 0.1) is 0 Å². The minimum Gasteiger partial charge on any atom is -0.454 e. The summed E-state index contributed by atoms with van der Waals surface area (Å²) >= 11 is 0. The molecule has 18 heavy (non-hydrogen) atoms. The predicted octanol–water partition coefficient (Wildman–Crippen LogP) is 2.36. The number of H-pyrrole nitrogens is 1. The molecule has 2 aromatic rings. The van der Waals surface area contributed by atoms with Gasteiger partial charge >= 0.3 is 0 Å². The number of rotatable bonds is 1. The van der Waals surface area contributed by atoms with Crippen molar-refractivity contribution in [2.75, 3.05) is 19.9 Å². The highest BCUT2D eigenvalue weighted by Gasteiger charge is 2.21. The molecular formula is C14H16N2O2. The average molecular weight is 244 g/mol. The molecule has 2 aliphatic heterocycles. The van der Waals surface area contributed by atoms with Crippen molar-refractivity contribution >= 4 is 10.9 Å². The van der Waals surface area contributed by atoms with Crippen molar-refractivity contribution in [1.82, 2.24) is 10.3 Å². The lowest BCUT2D eigenvalue weighted by Crippen LogP contribution is -2.28. The van der Waals surface area contributed by atoms with Gasteiger partial charge in [0.2, 0.25) is 6.79 Å². The fourth-order valence-corrected chi connectivity index (χ4v) is 2.99. The van der Waals surface area contributed by atoms with Crippen molar-refractivity contribution in [3.8, 4) is 11.5 Å². The van der Waals surface area contributed by atoms with Gasteiger partial charge in [0, 0.05) is 29.7 Å². The first-order chi connectivity index (χ1) is 8.92. The monoisotopic (exact) mass is 244 g/mol. The van der Waals surface area contributed by atoms with Crippen molar-refractivity contribution in [3.05, 3.63) is 23.9 Å². The van der Waals surface area contributed by atoms with Gasteiger partial charge in [-0.05, 0) is 36.9 Å². The highest BCUT2D eigenvalue weighted by atomic mass is 16.7. The Morgan fingerprint density at radius 1 is 1.17 bits per heavy atom. The highest BCUT2D eigenvalue weighted by Crippen LogP contribution is 2.39. The number of piperidine rings is 1. The molecule has 4 heteroatoms. The molecule has 0 radical (unpaired) electrons. The van der Waals surface area contributed by atoms with Gasteiger partial charge in [-0.1, -0.05) is 0 Å². The number of aromatic amines is 1. The maximum atomic E-state index is 5.47. The minimum atomic E-state index is 0.336. The molecule has 1 atom stereocenters. The van der Waals surface area contributed by atoms with Crippen LogP contribution in [0.2, 0.25) is 0 Å². The third-order valence-corrected chi connectivity index (χ3v) is 3.94. The van der Waals surface area contributed by atoms with E-state index in [9.17, 15) is 0 Å². The molecule has 0 amide bonds. The zero-order chi connectivity index (χ0) is 11.9. The molecule has 4 nitrogen and oxygen atoms in total. The van der Waals surface area contributed by atoms with Crippen LogP contribution in [0.4, 0.5) is 0 Å². The van der Waals surface area contributed by atoms with Gasteiger partial charge in [0.1, 0.15) is 0 Å². The molecule has 1 fully saturated rings. The number of hydrogen-bond donors (Lipinski definition) is 2. The number of ether oxygens (including phenoxy) is 2. The molecule has 1 saturated heterocycles. The van der Waals surface area contributed by atoms with E-state index in [1.54, 1.807) is 0 Å². The van der Waals surface area contributed by atoms with Crippen LogP contribution < -0.4 is 14.8 Å². The van der Waals surface area contributed by atoms with Crippen LogP contribution in [0.25, 0.3) is 10.9 Å². The molecule has 4 rings (SSSR count). The highest BCUT2D eigenvalue weighted by molar-refractivity contribution is 5.87. The van der Waals surface area contributed by atoms with Crippen LogP contribution in [0.1, 0.15) is 24.3 Å². The summed E-state index contributed by atoms with van der Waals surface area (Å²) in [5.41, 5.74) is 2.54. The maximum absolute atomic E-state index is 5.47. The van der Waals surface area contributed by atoms with Crippen LogP contribution in [0.3, 0.4) is 0 Å². The van der Waals surface area contributed by atoms with Gasteiger partial charge in [0.25, 0.3) is 0 Å². The zero-order valence-corrected chi connectivity index (χ0v) is 10.2. The Morgan fingerprint density at radius 3 is 2.89 bits per heavy atom. The van der Waals surface area contributed by atoms with Gasteiger partial charge in [-0.25, -0.2) is 0 Å². The summed E-state index contributed by atoms with van der Waals surface area (Å²) in [5.74, 6) is 2.32. The van der Waals surface area contributed by atoms with Crippen LogP contribution in [-0.4, -0.2) is 24.9 Å². The molecular weight excluding hydrogens is 228 g/mol. The van der Waals surface area contributed by atoms with Crippen molar-refractivity contribution in [2.24, 2.45) is 0 Å². The van der Waals surface area contributed by atoms with E-state index < -0.39 is 0 Å². The summed E-state index contributed by atoms with van der Waals surface area (Å²) < 4.78 is 10.9. The summed E-state index contributed by atoms with van der Waals surface area (Å²) in [4.78, 5) is 3.35. The topological polar surface area (TPSA) is 46.3 Å². The summed E-state index contributed by atoms with van der Waals surface area (Å²) in [5, 5.41) is 4.74. The molecule has 3 heterocycles. The van der Waals surface area contributed by atoms with Crippen molar-refractivity contribution in [3.63, 3.8) is 0 Å². The lowest BCUT2D eigenvalue weighted by atomic mass is 9.91. The fourth-order valence-electron chi connectivity index (χ4n) is 2.99. The second-order valence-electron chi connectivity index (χ2n) is 5.04. The second-order valence-corrected chi connectivity index (χ2v) is 5.04. The summed E-state index contributed by atoms with van der Waals surface area (Å²) in [6.45, 7) is 2.55. The van der Waals surface area contributed by atoms with Gasteiger partial charge in [0.15, 0.2) is 11.5 Å². The van der Waals surface area contributed by atoms with E-state index in [2.05, 4.69) is 22.6 Å². The van der Waals surface area contributed by atoms with E-state index in [1.165, 1.54) is 23.8 Å². The van der Waals surface area contributed by atoms with E-state index in [0.717, 1.165) is 30.1 Å². The summed E-state index contributed by atoms with van der Waals surface area (Å²) in [6.07, 6.45) is 4.65. The normalized spacial score (nSPS) is 22.6. The number of fused-ring (bicyclic) bond motifs is 2. The molecule has 0 saturated carbocycles. The van der Waals surface area contributed by atoms with E-state index in [-0.39, 0.29) is 0 Å². The van der Waals surface area contributed by atoms with Crippen LogP contribution in [-0.2, 0) is 0 Å². The van der Waals surface area contributed by atoms with Gasteiger partial charge in [-0.15, -0.1) is 0 Å². The number of benzene rings is 1. The number of nitrogens with one attached hydrogen (secondary N) is 2. The Hall–Kier alpha value is -1.68. The second kappa shape index (κ2) is 3.92. The smallest absolute Gasteiger partial charge is 0.231 e. The van der Waals surface area contributed by atoms with Crippen LogP contribution in [0.15, 0.2) is 18.3 Å². The van der Waals surface area contributed by atoms with E-state index in [0.29, 0.717) is 12.7 Å². The molecule has 94 valence electrons. The first-order valence-electron chi connectivity index (χ1n) is 6.53. The van der Waals surface area contributed by atoms with Gasteiger partial charge in [-0.2, -0.15) is 0 Å². The Labute approximate surface area is 105 Å². The first-order valence-corrected chi connectivity index (χ1v) is 6.53. The Kier molecular flexibility index (Phi) is 2.23. The van der Waals surface area contributed by atoms with Crippen LogP contribution in [0, 0.1) is 0 Å². The average Bonchev–Trinajstić information content (AvgIpc) is 3.02. The largest absolute Gasteiger partial charge is 0.454 e. The number of hydrogen-bond acceptors (Lipinski definition) is 3. The molecule has 1 unspecified atom stereocenters. The third-order valence-electron chi connectivity index (χ3n) is 3.94. The molecule has 1 aromatic carbocycles. The number of aromatic nitrogens is 1. The maximum Gasteiger partial charge on any atom is 0.231 e. The van der Waals surface area contributed by atoms with E-state index >= 15 is 0 Å². The standard InChI is InChI=1S/C14H16N2O2/c1-2-9(6-15-3-1)11-7-16-12-5-14-13(4-10(11)12)17-8-18-14/h4-5,7,9,15-16H,1-3,6,8H2. The molecule has 0 bridgehead atoms. The van der Waals surface area contributed by atoms with Crippen molar-refractivity contribution in [2.45, 2.75) is 18.8 Å².